The molecule has 0 amide bonds. The molecule has 0 saturated heterocycles. The summed E-state index contributed by atoms with van der Waals surface area (Å²) in [5.74, 6) is 0.945. The number of allylic oxidation sites excluding steroid dienone is 3. The van der Waals surface area contributed by atoms with Gasteiger partial charge in [0, 0.05) is 18.2 Å². The third-order valence-electron chi connectivity index (χ3n) is 6.12. The number of anilines is 1. The predicted octanol–water partition coefficient (Wildman–Crippen LogP) is 5.19. The third-order valence-corrected chi connectivity index (χ3v) is 6.12. The number of rotatable bonds is 5. The van der Waals surface area contributed by atoms with Crippen molar-refractivity contribution in [3.8, 4) is 5.75 Å². The lowest BCUT2D eigenvalue weighted by molar-refractivity contribution is -0.274. The van der Waals surface area contributed by atoms with Gasteiger partial charge in [0.1, 0.15) is 35.6 Å². The molecular formula is C23H23F4N7O. The Hall–Kier alpha value is -3.70. The van der Waals surface area contributed by atoms with Crippen LogP contribution >= 0.6 is 0 Å². The van der Waals surface area contributed by atoms with Gasteiger partial charge in [-0.15, -0.1) is 18.3 Å². The normalized spacial score (nSPS) is 20.5. The summed E-state index contributed by atoms with van der Waals surface area (Å²) in [5, 5.41) is 11.7. The Morgan fingerprint density at radius 1 is 1.14 bits per heavy atom. The molecule has 1 aliphatic carbocycles. The summed E-state index contributed by atoms with van der Waals surface area (Å²) in [6.07, 6.45) is 2.94. The van der Waals surface area contributed by atoms with Gasteiger partial charge in [-0.3, -0.25) is 0 Å². The molecule has 35 heavy (non-hydrogen) atoms. The summed E-state index contributed by atoms with van der Waals surface area (Å²) >= 11 is 0. The molecule has 8 nitrogen and oxygen atoms in total. The van der Waals surface area contributed by atoms with Crippen molar-refractivity contribution in [2.75, 3.05) is 5.32 Å². The van der Waals surface area contributed by atoms with Crippen molar-refractivity contribution in [3.63, 3.8) is 0 Å². The molecule has 0 saturated carbocycles. The number of nitrogens with one attached hydrogen (secondary N) is 1. The zero-order valence-corrected chi connectivity index (χ0v) is 18.8. The first kappa shape index (κ1) is 23.1. The molecule has 1 aromatic carbocycles. The standard InChI is InChI=1S/C23H23F4N7O/c1-14-28-13-29-34(14)20-10-7-16(12-19(20)24)30-22-31-21-18(4-2-3-11-33(21)32-22)15-5-8-17(9-6-15)35-23(25,26)27/h5-9,12-13,18,20H,2-4,10-11H2,1H3,(H,30,32)/t18-,20?/m1/s1. The Kier molecular flexibility index (Phi) is 6.03. The first-order chi connectivity index (χ1) is 16.8. The summed E-state index contributed by atoms with van der Waals surface area (Å²) in [6, 6.07) is 5.32. The second-order valence-corrected chi connectivity index (χ2v) is 8.50. The number of alkyl halides is 3. The number of aromatic nitrogens is 6. The first-order valence-electron chi connectivity index (χ1n) is 11.3. The molecule has 184 valence electrons. The summed E-state index contributed by atoms with van der Waals surface area (Å²) in [5.41, 5.74) is 1.37. The summed E-state index contributed by atoms with van der Waals surface area (Å²) < 4.78 is 59.6. The van der Waals surface area contributed by atoms with E-state index in [1.807, 2.05) is 10.8 Å². The quantitative estimate of drug-likeness (QED) is 0.497. The third kappa shape index (κ3) is 5.05. The van der Waals surface area contributed by atoms with E-state index in [-0.39, 0.29) is 17.5 Å². The lowest BCUT2D eigenvalue weighted by Crippen LogP contribution is -2.17. The van der Waals surface area contributed by atoms with Crippen molar-refractivity contribution in [3.05, 3.63) is 71.5 Å². The van der Waals surface area contributed by atoms with Crippen molar-refractivity contribution >= 4 is 5.95 Å². The predicted molar refractivity (Wildman–Crippen MR) is 118 cm³/mol. The monoisotopic (exact) mass is 489 g/mol. The average Bonchev–Trinajstić information content (AvgIpc) is 3.34. The Morgan fingerprint density at radius 2 is 1.94 bits per heavy atom. The van der Waals surface area contributed by atoms with E-state index in [9.17, 15) is 17.6 Å². The van der Waals surface area contributed by atoms with Crippen LogP contribution in [0.1, 0.15) is 54.9 Å². The lowest BCUT2D eigenvalue weighted by Gasteiger charge is -2.19. The van der Waals surface area contributed by atoms with E-state index in [2.05, 4.69) is 30.2 Å². The Labute approximate surface area is 198 Å². The fraction of sp³-hybridized carbons (Fsp3) is 0.391. The van der Waals surface area contributed by atoms with Crippen LogP contribution in [-0.4, -0.2) is 35.9 Å². The maximum absolute atomic E-state index is 14.8. The van der Waals surface area contributed by atoms with E-state index in [1.165, 1.54) is 24.5 Å². The largest absolute Gasteiger partial charge is 0.573 e. The van der Waals surface area contributed by atoms with Crippen LogP contribution in [0.3, 0.4) is 0 Å². The molecule has 0 bridgehead atoms. The minimum Gasteiger partial charge on any atom is -0.406 e. The van der Waals surface area contributed by atoms with Crippen LogP contribution in [-0.2, 0) is 6.54 Å². The van der Waals surface area contributed by atoms with Crippen LogP contribution < -0.4 is 10.1 Å². The first-order valence-corrected chi connectivity index (χ1v) is 11.3. The number of hydrogen-bond acceptors (Lipinski definition) is 6. The average molecular weight is 489 g/mol. The lowest BCUT2D eigenvalue weighted by atomic mass is 9.93. The van der Waals surface area contributed by atoms with Gasteiger partial charge in [-0.2, -0.15) is 10.1 Å². The van der Waals surface area contributed by atoms with E-state index in [1.54, 1.807) is 23.7 Å². The Balaban J connectivity index is 1.34. The topological polar surface area (TPSA) is 82.7 Å². The van der Waals surface area contributed by atoms with Gasteiger partial charge in [0.2, 0.25) is 5.95 Å². The van der Waals surface area contributed by atoms with E-state index in [0.717, 1.165) is 24.8 Å². The van der Waals surface area contributed by atoms with Gasteiger partial charge in [0.15, 0.2) is 0 Å². The molecule has 0 spiro atoms. The molecule has 2 aromatic heterocycles. The molecule has 5 rings (SSSR count). The summed E-state index contributed by atoms with van der Waals surface area (Å²) in [7, 11) is 0. The second-order valence-electron chi connectivity index (χ2n) is 8.50. The van der Waals surface area contributed by atoms with Crippen molar-refractivity contribution in [1.29, 1.82) is 0 Å². The van der Waals surface area contributed by atoms with E-state index in [0.29, 0.717) is 36.3 Å². The van der Waals surface area contributed by atoms with Crippen molar-refractivity contribution in [1.82, 2.24) is 29.5 Å². The van der Waals surface area contributed by atoms with Gasteiger partial charge in [-0.1, -0.05) is 24.6 Å². The van der Waals surface area contributed by atoms with E-state index < -0.39 is 12.4 Å². The summed E-state index contributed by atoms with van der Waals surface area (Å²) in [6.45, 7) is 2.44. The second kappa shape index (κ2) is 9.16. The minimum atomic E-state index is -4.74. The van der Waals surface area contributed by atoms with Crippen LogP contribution in [0.15, 0.2) is 54.3 Å². The number of aryl methyl sites for hydroxylation is 2. The highest BCUT2D eigenvalue weighted by atomic mass is 19.4. The zero-order chi connectivity index (χ0) is 24.6. The van der Waals surface area contributed by atoms with Crippen LogP contribution in [0.25, 0.3) is 0 Å². The summed E-state index contributed by atoms with van der Waals surface area (Å²) in [4.78, 5) is 8.71. The molecular weight excluding hydrogens is 466 g/mol. The van der Waals surface area contributed by atoms with Gasteiger partial charge in [-0.25, -0.2) is 18.7 Å². The molecule has 2 atom stereocenters. The van der Waals surface area contributed by atoms with E-state index in [4.69, 9.17) is 0 Å². The molecule has 12 heteroatoms. The number of fused-ring (bicyclic) bond motifs is 1. The fourth-order valence-corrected chi connectivity index (χ4v) is 4.49. The molecule has 1 aliphatic heterocycles. The molecule has 3 aromatic rings. The Bertz CT molecular complexity index is 1260. The van der Waals surface area contributed by atoms with Crippen LogP contribution in [0.2, 0.25) is 0 Å². The number of halogens is 4. The van der Waals surface area contributed by atoms with Gasteiger partial charge in [0.25, 0.3) is 0 Å². The van der Waals surface area contributed by atoms with Gasteiger partial charge < -0.3 is 10.1 Å². The van der Waals surface area contributed by atoms with Gasteiger partial charge in [0.05, 0.1) is 0 Å². The van der Waals surface area contributed by atoms with Crippen LogP contribution in [0, 0.1) is 6.92 Å². The molecule has 1 unspecified atom stereocenters. The fourth-order valence-electron chi connectivity index (χ4n) is 4.49. The van der Waals surface area contributed by atoms with Gasteiger partial charge in [-0.05, 0) is 50.0 Å². The van der Waals surface area contributed by atoms with Crippen LogP contribution in [0.4, 0.5) is 23.5 Å². The van der Waals surface area contributed by atoms with Gasteiger partial charge >= 0.3 is 6.36 Å². The number of benzene rings is 1. The van der Waals surface area contributed by atoms with Crippen molar-refractivity contribution < 1.29 is 22.3 Å². The van der Waals surface area contributed by atoms with Crippen molar-refractivity contribution in [2.45, 2.75) is 57.5 Å². The van der Waals surface area contributed by atoms with E-state index >= 15 is 0 Å². The maximum atomic E-state index is 14.8. The molecule has 0 fully saturated rings. The molecule has 3 heterocycles. The van der Waals surface area contributed by atoms with Crippen LogP contribution in [0.5, 0.6) is 5.75 Å². The Morgan fingerprint density at radius 3 is 2.63 bits per heavy atom. The minimum absolute atomic E-state index is 0.132. The smallest absolute Gasteiger partial charge is 0.406 e. The highest BCUT2D eigenvalue weighted by molar-refractivity contribution is 5.43. The maximum Gasteiger partial charge on any atom is 0.573 e. The molecule has 1 N–H and O–H groups in total. The SMILES string of the molecule is Cc1ncnn1C1CC=C(Nc2nc3n(n2)CCCC[C@@H]3c2ccc(OC(F)(F)F)cc2)C=C1F. The molecule has 2 aliphatic rings. The highest BCUT2D eigenvalue weighted by Crippen LogP contribution is 2.35. The highest BCUT2D eigenvalue weighted by Gasteiger charge is 2.31. The molecule has 0 radical (unpaired) electrons. The van der Waals surface area contributed by atoms with Crippen molar-refractivity contribution in [2.24, 2.45) is 0 Å². The number of nitrogens with zero attached hydrogens (tertiary/aromatic N) is 6. The zero-order valence-electron chi connectivity index (χ0n) is 18.8. The number of hydrogen-bond donors (Lipinski definition) is 1. The number of ether oxygens (including phenoxy) is 1.